The van der Waals surface area contributed by atoms with Crippen LogP contribution in [-0.2, 0) is 16.1 Å². The van der Waals surface area contributed by atoms with Gasteiger partial charge in [0.05, 0.1) is 25.8 Å². The summed E-state index contributed by atoms with van der Waals surface area (Å²) in [6, 6.07) is 5.26. The molecule has 0 unspecified atom stereocenters. The molecule has 1 aliphatic heterocycles. The van der Waals surface area contributed by atoms with Crippen LogP contribution in [0, 0.1) is 0 Å². The van der Waals surface area contributed by atoms with Gasteiger partial charge in [-0.05, 0) is 24.3 Å². The van der Waals surface area contributed by atoms with E-state index in [-0.39, 0.29) is 37.8 Å². The molecule has 0 saturated heterocycles. The Balaban J connectivity index is 1.95. The summed E-state index contributed by atoms with van der Waals surface area (Å²) in [5.41, 5.74) is 1.46. The molecule has 0 saturated carbocycles. The molecule has 1 aliphatic rings. The first-order valence-corrected chi connectivity index (χ1v) is 8.09. The molecular formula is C18H19N3O5. The maximum atomic E-state index is 12.9. The molecule has 26 heavy (non-hydrogen) atoms. The predicted molar refractivity (Wildman–Crippen MR) is 93.9 cm³/mol. The molecule has 136 valence electrons. The van der Waals surface area contributed by atoms with Gasteiger partial charge in [0.25, 0.3) is 0 Å². The Hall–Kier alpha value is -3.13. The summed E-state index contributed by atoms with van der Waals surface area (Å²) >= 11 is 0. The average Bonchev–Trinajstić information content (AvgIpc) is 3.04. The van der Waals surface area contributed by atoms with Crippen molar-refractivity contribution in [1.82, 2.24) is 15.1 Å². The number of benzene rings is 1. The summed E-state index contributed by atoms with van der Waals surface area (Å²) in [5.74, 6) is 0.891. The normalized spacial score (nSPS) is 13.6. The number of methoxy groups -OCH3 is 1. The highest BCUT2D eigenvalue weighted by atomic mass is 16.5. The Bertz CT molecular complexity index is 898. The van der Waals surface area contributed by atoms with Crippen LogP contribution in [0.1, 0.15) is 10.5 Å². The molecule has 0 fully saturated rings. The Morgan fingerprint density at radius 1 is 1.42 bits per heavy atom. The van der Waals surface area contributed by atoms with Crippen molar-refractivity contribution < 1.29 is 24.2 Å². The number of nitrogens with one attached hydrogen (secondary N) is 1. The minimum Gasteiger partial charge on any atom is -0.497 e. The lowest BCUT2D eigenvalue weighted by Gasteiger charge is -2.16. The van der Waals surface area contributed by atoms with Crippen LogP contribution in [0.25, 0.3) is 10.9 Å². The molecule has 1 aromatic heterocycles. The average molecular weight is 357 g/mol. The first-order valence-electron chi connectivity index (χ1n) is 8.09. The van der Waals surface area contributed by atoms with Crippen molar-refractivity contribution in [2.75, 3.05) is 26.9 Å². The van der Waals surface area contributed by atoms with E-state index in [2.05, 4.69) is 10.4 Å². The van der Waals surface area contributed by atoms with E-state index in [0.717, 1.165) is 6.29 Å². The number of Topliss-reactive ketones (excluding diaryl/α,β-unsaturated/α-hetero) is 1. The first kappa shape index (κ1) is 17.7. The van der Waals surface area contributed by atoms with E-state index >= 15 is 0 Å². The van der Waals surface area contributed by atoms with Crippen LogP contribution in [0.4, 0.5) is 0 Å². The van der Waals surface area contributed by atoms with Gasteiger partial charge in [-0.25, -0.2) is 0 Å². The van der Waals surface area contributed by atoms with Crippen molar-refractivity contribution in [2.24, 2.45) is 0 Å². The van der Waals surface area contributed by atoms with Gasteiger partial charge in [-0.2, -0.15) is 5.10 Å². The quantitative estimate of drug-likeness (QED) is 0.532. The summed E-state index contributed by atoms with van der Waals surface area (Å²) < 4.78 is 12.0. The number of aliphatic hydroxyl groups is 1. The number of carbonyl (C=O) groups excluding carboxylic acids is 2. The van der Waals surface area contributed by atoms with Gasteiger partial charge in [0.1, 0.15) is 24.3 Å². The minimum absolute atomic E-state index is 0.0489. The van der Waals surface area contributed by atoms with Crippen molar-refractivity contribution in [3.05, 3.63) is 47.5 Å². The third kappa shape index (κ3) is 3.45. The largest absolute Gasteiger partial charge is 0.497 e. The number of hydrogen-bond donors (Lipinski definition) is 2. The number of hydrogen-bond acceptors (Lipinski definition) is 7. The molecule has 2 heterocycles. The number of aromatic nitrogens is 2. The summed E-state index contributed by atoms with van der Waals surface area (Å²) in [6.45, 7) is 0.429. The number of fused-ring (bicyclic) bond motifs is 1. The molecule has 0 bridgehead atoms. The third-order valence-electron chi connectivity index (χ3n) is 3.95. The number of allylic oxidation sites excluding steroid dienone is 2. The lowest BCUT2D eigenvalue weighted by atomic mass is 10.0. The molecule has 8 nitrogen and oxygen atoms in total. The van der Waals surface area contributed by atoms with Crippen molar-refractivity contribution in [1.29, 1.82) is 0 Å². The van der Waals surface area contributed by atoms with Crippen LogP contribution in [0.15, 0.2) is 41.8 Å². The van der Waals surface area contributed by atoms with Gasteiger partial charge in [0.15, 0.2) is 5.88 Å². The van der Waals surface area contributed by atoms with Crippen LogP contribution in [0.5, 0.6) is 5.75 Å². The molecule has 2 N–H and O–H groups in total. The highest BCUT2D eigenvalue weighted by molar-refractivity contribution is 6.15. The molecular weight excluding hydrogens is 338 g/mol. The lowest BCUT2D eigenvalue weighted by molar-refractivity contribution is -0.108. The second-order valence-corrected chi connectivity index (χ2v) is 5.56. The van der Waals surface area contributed by atoms with E-state index < -0.39 is 0 Å². The number of dihydropyridines is 1. The zero-order chi connectivity index (χ0) is 18.5. The number of carbonyl (C=O) groups is 2. The zero-order valence-electron chi connectivity index (χ0n) is 14.3. The van der Waals surface area contributed by atoms with Crippen molar-refractivity contribution in [3.8, 4) is 5.75 Å². The van der Waals surface area contributed by atoms with Crippen LogP contribution in [0.2, 0.25) is 0 Å². The van der Waals surface area contributed by atoms with Gasteiger partial charge in [-0.1, -0.05) is 0 Å². The van der Waals surface area contributed by atoms with Gasteiger partial charge in [0, 0.05) is 23.6 Å². The number of aliphatic hydroxyl groups excluding tert-OH is 1. The Morgan fingerprint density at radius 3 is 2.92 bits per heavy atom. The summed E-state index contributed by atoms with van der Waals surface area (Å²) in [7, 11) is 1.55. The van der Waals surface area contributed by atoms with Gasteiger partial charge in [0.2, 0.25) is 5.78 Å². The third-order valence-corrected chi connectivity index (χ3v) is 3.95. The smallest absolute Gasteiger partial charge is 0.211 e. The van der Waals surface area contributed by atoms with Crippen LogP contribution in [0.3, 0.4) is 0 Å². The molecule has 0 spiro atoms. The molecule has 0 atom stereocenters. The van der Waals surface area contributed by atoms with Gasteiger partial charge in [-0.3, -0.25) is 9.48 Å². The molecule has 2 aromatic rings. The molecule has 3 rings (SSSR count). The number of nitrogens with zero attached hydrogens (tertiary/aromatic N) is 2. The SMILES string of the molecule is COc1ccc2c(C(=O)C3=CC=C(OCCO)NC3)nn(CC=O)c2c1. The summed E-state index contributed by atoms with van der Waals surface area (Å²) in [4.78, 5) is 23.8. The van der Waals surface area contributed by atoms with E-state index in [4.69, 9.17) is 14.6 Å². The van der Waals surface area contributed by atoms with Crippen molar-refractivity contribution in [3.63, 3.8) is 0 Å². The fourth-order valence-electron chi connectivity index (χ4n) is 2.70. The topological polar surface area (TPSA) is 103 Å². The van der Waals surface area contributed by atoms with E-state index in [1.165, 1.54) is 4.68 Å². The maximum absolute atomic E-state index is 12.9. The second kappa shape index (κ2) is 7.83. The Kier molecular flexibility index (Phi) is 5.33. The van der Waals surface area contributed by atoms with Gasteiger partial charge >= 0.3 is 0 Å². The fraction of sp³-hybridized carbons (Fsp3) is 0.278. The number of ketones is 1. The van der Waals surface area contributed by atoms with E-state index in [1.54, 1.807) is 37.5 Å². The zero-order valence-corrected chi connectivity index (χ0v) is 14.3. The highest BCUT2D eigenvalue weighted by Gasteiger charge is 2.22. The molecule has 0 aliphatic carbocycles. The Labute approximate surface area is 149 Å². The van der Waals surface area contributed by atoms with E-state index in [9.17, 15) is 9.59 Å². The number of rotatable bonds is 8. The second-order valence-electron chi connectivity index (χ2n) is 5.56. The van der Waals surface area contributed by atoms with Crippen molar-refractivity contribution in [2.45, 2.75) is 6.54 Å². The molecule has 8 heteroatoms. The van der Waals surface area contributed by atoms with Crippen LogP contribution < -0.4 is 10.1 Å². The monoisotopic (exact) mass is 357 g/mol. The molecule has 0 amide bonds. The van der Waals surface area contributed by atoms with Gasteiger partial charge < -0.3 is 24.7 Å². The predicted octanol–water partition coefficient (Wildman–Crippen LogP) is 0.806. The minimum atomic E-state index is -0.227. The maximum Gasteiger partial charge on any atom is 0.211 e. The van der Waals surface area contributed by atoms with Crippen LogP contribution >= 0.6 is 0 Å². The van der Waals surface area contributed by atoms with E-state index in [0.29, 0.717) is 28.1 Å². The molecule has 1 aromatic carbocycles. The summed E-state index contributed by atoms with van der Waals surface area (Å²) in [6.07, 6.45) is 4.04. The van der Waals surface area contributed by atoms with Crippen LogP contribution in [-0.4, -0.2) is 53.8 Å². The van der Waals surface area contributed by atoms with Gasteiger partial charge in [-0.15, -0.1) is 0 Å². The Morgan fingerprint density at radius 2 is 2.27 bits per heavy atom. The fourth-order valence-corrected chi connectivity index (χ4v) is 2.70. The first-order chi connectivity index (χ1) is 12.7. The van der Waals surface area contributed by atoms with Crippen molar-refractivity contribution >= 4 is 23.0 Å². The number of ether oxygens (including phenoxy) is 2. The molecule has 0 radical (unpaired) electrons. The summed E-state index contributed by atoms with van der Waals surface area (Å²) in [5, 5.41) is 16.7. The number of aldehydes is 1. The standard InChI is InChI=1S/C18H19N3O5/c1-25-13-3-4-14-15(10-13)21(6-7-22)20-17(14)18(24)12-2-5-16(19-11-12)26-9-8-23/h2-5,7,10,19,23H,6,8-9,11H2,1H3. The lowest BCUT2D eigenvalue weighted by Crippen LogP contribution is -2.26. The highest BCUT2D eigenvalue weighted by Crippen LogP contribution is 2.26. The van der Waals surface area contributed by atoms with E-state index in [1.807, 2.05) is 0 Å².